The van der Waals surface area contributed by atoms with Gasteiger partial charge in [0.2, 0.25) is 0 Å². The van der Waals surface area contributed by atoms with Gasteiger partial charge >= 0.3 is 0 Å². The molecule has 0 aliphatic carbocycles. The Hall–Kier alpha value is -0.570. The topological polar surface area (TPSA) is 24.1 Å². The minimum Gasteiger partial charge on any atom is -0.311 e. The summed E-state index contributed by atoms with van der Waals surface area (Å²) >= 11 is 6.07. The summed E-state index contributed by atoms with van der Waals surface area (Å²) in [5, 5.41) is 7.71. The van der Waals surface area contributed by atoms with Crippen LogP contribution in [0.5, 0.6) is 0 Å². The molecule has 1 aromatic rings. The van der Waals surface area contributed by atoms with Crippen molar-refractivity contribution in [3.63, 3.8) is 0 Å². The third-order valence-electron chi connectivity index (χ3n) is 2.65. The maximum Gasteiger partial charge on any atom is 0.0438 e. The van der Waals surface area contributed by atoms with Crippen LogP contribution in [-0.2, 0) is 6.54 Å². The summed E-state index contributed by atoms with van der Waals surface area (Å²) < 4.78 is 0. The maximum absolute atomic E-state index is 6.07. The van der Waals surface area contributed by atoms with Gasteiger partial charge in [-0.2, -0.15) is 0 Å². The molecule has 3 heteroatoms. The van der Waals surface area contributed by atoms with Crippen LogP contribution in [0.25, 0.3) is 0 Å². The number of nitrogens with one attached hydrogen (secondary N) is 2. The van der Waals surface area contributed by atoms with Crippen molar-refractivity contribution < 1.29 is 0 Å². The molecule has 0 heterocycles. The highest BCUT2D eigenvalue weighted by Crippen LogP contribution is 2.18. The Morgan fingerprint density at radius 1 is 1.18 bits per heavy atom. The molecule has 1 aromatic carbocycles. The van der Waals surface area contributed by atoms with Crippen molar-refractivity contribution in [1.82, 2.24) is 10.6 Å². The Bertz CT molecular complexity index is 356. The molecule has 0 bridgehead atoms. The van der Waals surface area contributed by atoms with Gasteiger partial charge in [-0.3, -0.25) is 0 Å². The summed E-state index contributed by atoms with van der Waals surface area (Å²) in [6.07, 6.45) is 0. The van der Waals surface area contributed by atoms with E-state index in [1.807, 2.05) is 12.1 Å². The zero-order valence-electron chi connectivity index (χ0n) is 11.2. The van der Waals surface area contributed by atoms with Crippen molar-refractivity contribution in [3.8, 4) is 0 Å². The fourth-order valence-corrected chi connectivity index (χ4v) is 1.79. The number of halogens is 1. The second kappa shape index (κ2) is 6.39. The van der Waals surface area contributed by atoms with E-state index in [-0.39, 0.29) is 5.54 Å². The van der Waals surface area contributed by atoms with E-state index in [0.717, 1.165) is 24.7 Å². The van der Waals surface area contributed by atoms with Crippen LogP contribution in [0.1, 0.15) is 31.9 Å². The second-order valence-electron chi connectivity index (χ2n) is 5.38. The smallest absolute Gasteiger partial charge is 0.0438 e. The van der Waals surface area contributed by atoms with Gasteiger partial charge in [-0.05, 0) is 44.9 Å². The van der Waals surface area contributed by atoms with Crippen molar-refractivity contribution in [2.75, 3.05) is 13.1 Å². The highest BCUT2D eigenvalue weighted by molar-refractivity contribution is 6.31. The van der Waals surface area contributed by atoms with Crippen molar-refractivity contribution >= 4 is 11.6 Å². The normalized spacial score (nSPS) is 11.8. The number of hydrogen-bond acceptors (Lipinski definition) is 2. The molecule has 0 amide bonds. The van der Waals surface area contributed by atoms with Crippen LogP contribution in [0.4, 0.5) is 0 Å². The van der Waals surface area contributed by atoms with E-state index in [2.05, 4.69) is 44.4 Å². The Balaban J connectivity index is 2.29. The van der Waals surface area contributed by atoms with Gasteiger partial charge in [0.25, 0.3) is 0 Å². The van der Waals surface area contributed by atoms with Crippen LogP contribution < -0.4 is 10.6 Å². The van der Waals surface area contributed by atoms with Gasteiger partial charge in [0.1, 0.15) is 0 Å². The van der Waals surface area contributed by atoms with E-state index < -0.39 is 0 Å². The summed E-state index contributed by atoms with van der Waals surface area (Å²) in [6.45, 7) is 11.4. The molecule has 1 rings (SSSR count). The minimum atomic E-state index is 0.188. The summed E-state index contributed by atoms with van der Waals surface area (Å²) in [5.41, 5.74) is 2.63. The molecule has 0 atom stereocenters. The van der Waals surface area contributed by atoms with Gasteiger partial charge in [0.15, 0.2) is 0 Å². The first-order chi connectivity index (χ1) is 7.90. The number of rotatable bonds is 5. The first-order valence-corrected chi connectivity index (χ1v) is 6.48. The van der Waals surface area contributed by atoms with Crippen LogP contribution >= 0.6 is 11.6 Å². The number of benzene rings is 1. The Morgan fingerprint density at radius 2 is 1.88 bits per heavy atom. The average molecular weight is 255 g/mol. The molecule has 0 unspecified atom stereocenters. The van der Waals surface area contributed by atoms with Crippen molar-refractivity contribution in [1.29, 1.82) is 0 Å². The van der Waals surface area contributed by atoms with Gasteiger partial charge in [0, 0.05) is 30.2 Å². The molecule has 2 nitrogen and oxygen atoms in total. The molecule has 96 valence electrons. The third kappa shape index (κ3) is 5.53. The summed E-state index contributed by atoms with van der Waals surface area (Å²) in [7, 11) is 0. The zero-order chi connectivity index (χ0) is 12.9. The lowest BCUT2D eigenvalue weighted by Gasteiger charge is -2.20. The van der Waals surface area contributed by atoms with E-state index in [0.29, 0.717) is 0 Å². The lowest BCUT2D eigenvalue weighted by atomic mass is 10.1. The summed E-state index contributed by atoms with van der Waals surface area (Å²) in [6, 6.07) is 6.05. The van der Waals surface area contributed by atoms with Crippen molar-refractivity contribution in [3.05, 3.63) is 34.3 Å². The first kappa shape index (κ1) is 14.5. The molecule has 17 heavy (non-hydrogen) atoms. The third-order valence-corrected chi connectivity index (χ3v) is 3.06. The van der Waals surface area contributed by atoms with Gasteiger partial charge in [-0.25, -0.2) is 0 Å². The average Bonchev–Trinajstić information content (AvgIpc) is 2.22. The van der Waals surface area contributed by atoms with Gasteiger partial charge in [-0.15, -0.1) is 0 Å². The van der Waals surface area contributed by atoms with Crippen molar-refractivity contribution in [2.24, 2.45) is 0 Å². The second-order valence-corrected chi connectivity index (χ2v) is 5.78. The SMILES string of the molecule is Cc1c(Cl)cccc1CNCCNC(C)(C)C. The van der Waals surface area contributed by atoms with E-state index in [4.69, 9.17) is 11.6 Å². The van der Waals surface area contributed by atoms with E-state index in [1.165, 1.54) is 11.1 Å². The molecule has 0 saturated carbocycles. The van der Waals surface area contributed by atoms with Gasteiger partial charge in [0.05, 0.1) is 0 Å². The van der Waals surface area contributed by atoms with Gasteiger partial charge < -0.3 is 10.6 Å². The van der Waals surface area contributed by atoms with E-state index in [9.17, 15) is 0 Å². The standard InChI is InChI=1S/C14H23ClN2/c1-11-12(6-5-7-13(11)15)10-16-8-9-17-14(2,3)4/h5-7,16-17H,8-10H2,1-4H3. The Labute approximate surface area is 110 Å². The quantitative estimate of drug-likeness (QED) is 0.789. The monoisotopic (exact) mass is 254 g/mol. The maximum atomic E-state index is 6.07. The molecule has 0 spiro atoms. The Morgan fingerprint density at radius 3 is 2.53 bits per heavy atom. The lowest BCUT2D eigenvalue weighted by Crippen LogP contribution is -2.40. The van der Waals surface area contributed by atoms with Crippen LogP contribution in [0.3, 0.4) is 0 Å². The molecule has 2 N–H and O–H groups in total. The molecule has 0 aliphatic heterocycles. The van der Waals surface area contributed by atoms with E-state index in [1.54, 1.807) is 0 Å². The first-order valence-electron chi connectivity index (χ1n) is 6.10. The predicted octanol–water partition coefficient (Wildman–Crippen LogP) is 3.13. The van der Waals surface area contributed by atoms with E-state index >= 15 is 0 Å². The van der Waals surface area contributed by atoms with Crippen LogP contribution in [0, 0.1) is 6.92 Å². The fraction of sp³-hybridized carbons (Fsp3) is 0.571. The largest absolute Gasteiger partial charge is 0.311 e. The summed E-state index contributed by atoms with van der Waals surface area (Å²) in [4.78, 5) is 0. The minimum absolute atomic E-state index is 0.188. The molecular formula is C14H23ClN2. The lowest BCUT2D eigenvalue weighted by molar-refractivity contribution is 0.421. The molecule has 0 saturated heterocycles. The molecular weight excluding hydrogens is 232 g/mol. The van der Waals surface area contributed by atoms with Gasteiger partial charge in [-0.1, -0.05) is 23.7 Å². The fourth-order valence-electron chi connectivity index (χ4n) is 1.59. The molecule has 0 aromatic heterocycles. The molecule has 0 fully saturated rings. The predicted molar refractivity (Wildman–Crippen MR) is 75.7 cm³/mol. The van der Waals surface area contributed by atoms with Crippen LogP contribution in [0.15, 0.2) is 18.2 Å². The zero-order valence-corrected chi connectivity index (χ0v) is 12.0. The highest BCUT2D eigenvalue weighted by atomic mass is 35.5. The Kier molecular flexibility index (Phi) is 5.44. The molecule has 0 radical (unpaired) electrons. The van der Waals surface area contributed by atoms with Crippen molar-refractivity contribution in [2.45, 2.75) is 39.8 Å². The molecule has 0 aliphatic rings. The van der Waals surface area contributed by atoms with Crippen LogP contribution in [-0.4, -0.2) is 18.6 Å². The number of hydrogen-bond donors (Lipinski definition) is 2. The summed E-state index contributed by atoms with van der Waals surface area (Å²) in [5.74, 6) is 0. The van der Waals surface area contributed by atoms with Crippen LogP contribution in [0.2, 0.25) is 5.02 Å². The highest BCUT2D eigenvalue weighted by Gasteiger charge is 2.07.